The van der Waals surface area contributed by atoms with Crippen LogP contribution in [0, 0.1) is 5.41 Å². The fraction of sp³-hybridized carbons (Fsp3) is 0.240. The Labute approximate surface area is 184 Å². The van der Waals surface area contributed by atoms with Crippen molar-refractivity contribution in [2.75, 3.05) is 6.61 Å². The van der Waals surface area contributed by atoms with Gasteiger partial charge >= 0.3 is 5.97 Å². The van der Waals surface area contributed by atoms with Crippen LogP contribution in [0.2, 0.25) is 0 Å². The van der Waals surface area contributed by atoms with Gasteiger partial charge in [-0.2, -0.15) is 0 Å². The minimum absolute atomic E-state index is 0.173. The Balaban J connectivity index is 1.73. The number of aromatic amines is 1. The first-order valence-electron chi connectivity index (χ1n) is 10.6. The van der Waals surface area contributed by atoms with E-state index >= 15 is 0 Å². The van der Waals surface area contributed by atoms with E-state index in [0.717, 1.165) is 39.0 Å². The Morgan fingerprint density at radius 2 is 1.75 bits per heavy atom. The van der Waals surface area contributed by atoms with Gasteiger partial charge < -0.3 is 9.72 Å². The fourth-order valence-electron chi connectivity index (χ4n) is 4.56. The number of H-pyrrole nitrogens is 1. The Morgan fingerprint density at radius 1 is 1.03 bits per heavy atom. The second kappa shape index (κ2) is 7.67. The number of nitrogens with zero attached hydrogens (tertiary/aromatic N) is 3. The predicted octanol–water partition coefficient (Wildman–Crippen LogP) is 3.92. The van der Waals surface area contributed by atoms with E-state index in [1.54, 1.807) is 13.3 Å². The van der Waals surface area contributed by atoms with Crippen LogP contribution in [-0.4, -0.2) is 38.3 Å². The summed E-state index contributed by atoms with van der Waals surface area (Å²) in [4.78, 5) is 41.7. The van der Waals surface area contributed by atoms with Crippen molar-refractivity contribution in [3.8, 4) is 22.4 Å². The summed E-state index contributed by atoms with van der Waals surface area (Å²) < 4.78 is 5.31. The molecule has 0 aliphatic heterocycles. The number of carbonyl (C=O) groups is 2. The number of hydrogen-bond donors (Lipinski definition) is 1. The minimum atomic E-state index is -1.18. The third kappa shape index (κ3) is 3.09. The number of ether oxygens (including phenoxy) is 1. The van der Waals surface area contributed by atoms with Crippen LogP contribution in [0.1, 0.15) is 25.0 Å². The topological polar surface area (TPSA) is 97.8 Å². The zero-order chi connectivity index (χ0) is 22.3. The third-order valence-electron chi connectivity index (χ3n) is 6.23. The number of benzene rings is 2. The Morgan fingerprint density at radius 3 is 2.44 bits per heavy atom. The molecule has 0 radical (unpaired) electrons. The maximum atomic E-state index is 12.9. The molecule has 0 amide bonds. The highest BCUT2D eigenvalue weighted by Gasteiger charge is 2.49. The van der Waals surface area contributed by atoms with Crippen molar-refractivity contribution in [1.82, 2.24) is 19.9 Å². The molecule has 1 aliphatic rings. The molecule has 1 unspecified atom stereocenters. The standard InChI is InChI=1S/C25H22N4O3/c1-3-32-24(31)25(15(2)30)11-17-9-19(16-7-5-4-6-8-16)20(10-18(17)12-25)21-22-23(28-13-26-21)29-14-27-22/h4-10,13-14H,3,11-12H2,1-2H3,(H,26,27,28,29). The summed E-state index contributed by atoms with van der Waals surface area (Å²) in [6.45, 7) is 3.47. The molecule has 7 nitrogen and oxygen atoms in total. The monoisotopic (exact) mass is 426 g/mol. The van der Waals surface area contributed by atoms with Crippen molar-refractivity contribution in [2.45, 2.75) is 26.7 Å². The molecule has 2 heterocycles. The number of nitrogens with one attached hydrogen (secondary N) is 1. The molecular weight excluding hydrogens is 404 g/mol. The number of Topliss-reactive ketones (excluding diaryl/α,β-unsaturated/α-hetero) is 1. The molecule has 1 N–H and O–H groups in total. The number of carbonyl (C=O) groups excluding carboxylic acids is 2. The number of rotatable bonds is 5. The molecule has 5 rings (SSSR count). The molecule has 1 aliphatic carbocycles. The Kier molecular flexibility index (Phi) is 4.81. The molecule has 4 aromatic rings. The highest BCUT2D eigenvalue weighted by atomic mass is 16.5. The van der Waals surface area contributed by atoms with Crippen molar-refractivity contribution in [3.05, 3.63) is 66.2 Å². The third-order valence-corrected chi connectivity index (χ3v) is 6.23. The molecule has 0 saturated carbocycles. The molecule has 1 atom stereocenters. The molecule has 0 bridgehead atoms. The fourth-order valence-corrected chi connectivity index (χ4v) is 4.56. The predicted molar refractivity (Wildman–Crippen MR) is 120 cm³/mol. The summed E-state index contributed by atoms with van der Waals surface area (Å²) in [6, 6.07) is 14.1. The minimum Gasteiger partial charge on any atom is -0.465 e. The smallest absolute Gasteiger partial charge is 0.320 e. The van der Waals surface area contributed by atoms with E-state index in [1.165, 1.54) is 13.3 Å². The second-order valence-electron chi connectivity index (χ2n) is 8.07. The average molecular weight is 426 g/mol. The van der Waals surface area contributed by atoms with Crippen LogP contribution in [-0.2, 0) is 27.2 Å². The van der Waals surface area contributed by atoms with Gasteiger partial charge in [-0.15, -0.1) is 0 Å². The molecule has 2 aromatic heterocycles. The zero-order valence-electron chi connectivity index (χ0n) is 17.9. The summed E-state index contributed by atoms with van der Waals surface area (Å²) in [5.74, 6) is -0.627. The lowest BCUT2D eigenvalue weighted by Crippen LogP contribution is -2.40. The molecule has 0 spiro atoms. The van der Waals surface area contributed by atoms with Crippen LogP contribution in [0.25, 0.3) is 33.5 Å². The van der Waals surface area contributed by atoms with Gasteiger partial charge in [0.05, 0.1) is 12.9 Å². The van der Waals surface area contributed by atoms with Crippen LogP contribution < -0.4 is 0 Å². The average Bonchev–Trinajstić information content (AvgIpc) is 3.44. The van der Waals surface area contributed by atoms with E-state index in [1.807, 2.05) is 36.4 Å². The van der Waals surface area contributed by atoms with Crippen molar-refractivity contribution < 1.29 is 14.3 Å². The van der Waals surface area contributed by atoms with E-state index in [-0.39, 0.29) is 12.4 Å². The van der Waals surface area contributed by atoms with Crippen molar-refractivity contribution >= 4 is 22.9 Å². The number of imidazole rings is 1. The van der Waals surface area contributed by atoms with E-state index in [4.69, 9.17) is 4.74 Å². The van der Waals surface area contributed by atoms with Gasteiger partial charge in [0.15, 0.2) is 5.65 Å². The lowest BCUT2D eigenvalue weighted by molar-refractivity contribution is -0.159. The SMILES string of the molecule is CCOC(=O)C1(C(C)=O)Cc2cc(-c3ccccc3)c(-c3ncnc4nc[nH]c34)cc2C1. The van der Waals surface area contributed by atoms with Crippen molar-refractivity contribution in [1.29, 1.82) is 0 Å². The molecule has 160 valence electrons. The van der Waals surface area contributed by atoms with E-state index < -0.39 is 11.4 Å². The Bertz CT molecular complexity index is 1350. The van der Waals surface area contributed by atoms with Gasteiger partial charge in [-0.3, -0.25) is 9.59 Å². The second-order valence-corrected chi connectivity index (χ2v) is 8.07. The van der Waals surface area contributed by atoms with E-state index in [2.05, 4.69) is 26.0 Å². The van der Waals surface area contributed by atoms with Gasteiger partial charge in [-0.25, -0.2) is 15.0 Å². The van der Waals surface area contributed by atoms with Crippen LogP contribution >= 0.6 is 0 Å². The number of aromatic nitrogens is 4. The summed E-state index contributed by atoms with van der Waals surface area (Å²) in [7, 11) is 0. The van der Waals surface area contributed by atoms with Gasteiger partial charge in [0, 0.05) is 5.56 Å². The lowest BCUT2D eigenvalue weighted by Gasteiger charge is -2.23. The van der Waals surface area contributed by atoms with Gasteiger partial charge in [0.25, 0.3) is 0 Å². The molecular formula is C25H22N4O3. The van der Waals surface area contributed by atoms with Crippen LogP contribution in [0.15, 0.2) is 55.1 Å². The van der Waals surface area contributed by atoms with Gasteiger partial charge in [-0.1, -0.05) is 36.4 Å². The quantitative estimate of drug-likeness (QED) is 0.384. The van der Waals surface area contributed by atoms with Gasteiger partial charge in [-0.05, 0) is 55.0 Å². The molecule has 0 saturated heterocycles. The number of fused-ring (bicyclic) bond motifs is 2. The highest BCUT2D eigenvalue weighted by Crippen LogP contribution is 2.44. The molecule has 7 heteroatoms. The maximum absolute atomic E-state index is 12.9. The van der Waals surface area contributed by atoms with Crippen LogP contribution in [0.4, 0.5) is 0 Å². The highest BCUT2D eigenvalue weighted by molar-refractivity contribution is 6.04. The summed E-state index contributed by atoms with van der Waals surface area (Å²) in [6.07, 6.45) is 3.74. The van der Waals surface area contributed by atoms with Crippen molar-refractivity contribution in [2.24, 2.45) is 5.41 Å². The first-order valence-corrected chi connectivity index (χ1v) is 10.6. The normalized spacial score (nSPS) is 17.3. The summed E-state index contributed by atoms with van der Waals surface area (Å²) in [5.41, 5.74) is 5.69. The van der Waals surface area contributed by atoms with Crippen LogP contribution in [0.3, 0.4) is 0 Å². The lowest BCUT2D eigenvalue weighted by atomic mass is 9.81. The Hall–Kier alpha value is -3.87. The van der Waals surface area contributed by atoms with Crippen LogP contribution in [0.5, 0.6) is 0 Å². The number of esters is 1. The van der Waals surface area contributed by atoms with Gasteiger partial charge in [0.2, 0.25) is 0 Å². The first kappa shape index (κ1) is 20.1. The molecule has 2 aromatic carbocycles. The number of hydrogen-bond acceptors (Lipinski definition) is 6. The van der Waals surface area contributed by atoms with E-state index in [0.29, 0.717) is 18.5 Å². The number of ketones is 1. The largest absolute Gasteiger partial charge is 0.465 e. The maximum Gasteiger partial charge on any atom is 0.320 e. The molecule has 32 heavy (non-hydrogen) atoms. The molecule has 0 fully saturated rings. The summed E-state index contributed by atoms with van der Waals surface area (Å²) in [5, 5.41) is 0. The van der Waals surface area contributed by atoms with E-state index in [9.17, 15) is 9.59 Å². The van der Waals surface area contributed by atoms with Gasteiger partial charge in [0.1, 0.15) is 28.7 Å². The zero-order valence-corrected chi connectivity index (χ0v) is 17.9. The first-order chi connectivity index (χ1) is 15.5. The van der Waals surface area contributed by atoms with Crippen molar-refractivity contribution in [3.63, 3.8) is 0 Å². The summed E-state index contributed by atoms with van der Waals surface area (Å²) >= 11 is 0.